The molecule has 0 radical (unpaired) electrons. The van der Waals surface area contributed by atoms with Crippen molar-refractivity contribution in [2.45, 2.75) is 32.1 Å². The maximum atomic E-state index is 12.4. The Labute approximate surface area is 162 Å². The van der Waals surface area contributed by atoms with Crippen LogP contribution < -0.4 is 10.0 Å². The van der Waals surface area contributed by atoms with E-state index in [-0.39, 0.29) is 23.8 Å². The first kappa shape index (κ1) is 19.5. The number of anilines is 1. The van der Waals surface area contributed by atoms with E-state index >= 15 is 0 Å². The normalized spacial score (nSPS) is 11.7. The van der Waals surface area contributed by atoms with Crippen molar-refractivity contribution in [3.8, 4) is 0 Å². The first-order valence-electron chi connectivity index (χ1n) is 8.49. The summed E-state index contributed by atoms with van der Waals surface area (Å²) in [6.45, 7) is 5.57. The van der Waals surface area contributed by atoms with Gasteiger partial charge in [-0.3, -0.25) is 4.79 Å². The van der Waals surface area contributed by atoms with Crippen LogP contribution in [0.5, 0.6) is 0 Å². The van der Waals surface area contributed by atoms with Gasteiger partial charge in [0, 0.05) is 13.0 Å². The Hall–Kier alpha value is -2.29. The number of amides is 1. The molecule has 1 heterocycles. The van der Waals surface area contributed by atoms with Gasteiger partial charge < -0.3 is 5.32 Å². The van der Waals surface area contributed by atoms with Gasteiger partial charge in [0.05, 0.1) is 15.1 Å². The van der Waals surface area contributed by atoms with E-state index in [0.29, 0.717) is 10.7 Å². The topological polar surface area (TPSA) is 88.2 Å². The predicted molar refractivity (Wildman–Crippen MR) is 109 cm³/mol. The third-order valence-corrected chi connectivity index (χ3v) is 6.68. The summed E-state index contributed by atoms with van der Waals surface area (Å²) in [6, 6.07) is 11.1. The second kappa shape index (κ2) is 7.75. The third kappa shape index (κ3) is 4.52. The molecule has 142 valence electrons. The van der Waals surface area contributed by atoms with E-state index in [0.717, 1.165) is 21.3 Å². The van der Waals surface area contributed by atoms with Crippen LogP contribution >= 0.6 is 11.3 Å². The van der Waals surface area contributed by atoms with E-state index in [1.165, 1.54) is 11.3 Å². The van der Waals surface area contributed by atoms with Gasteiger partial charge in [-0.1, -0.05) is 35.6 Å². The monoisotopic (exact) mass is 403 g/mol. The molecular formula is C19H21N3O3S2. The number of carbonyl (C=O) groups is 1. The fraction of sp³-hybridized carbons (Fsp3) is 0.263. The maximum absolute atomic E-state index is 12.4. The highest BCUT2D eigenvalue weighted by molar-refractivity contribution is 7.89. The number of hydrogen-bond acceptors (Lipinski definition) is 5. The largest absolute Gasteiger partial charge is 0.302 e. The van der Waals surface area contributed by atoms with Gasteiger partial charge in [-0.25, -0.2) is 18.1 Å². The van der Waals surface area contributed by atoms with Gasteiger partial charge in [0.25, 0.3) is 0 Å². The number of aryl methyl sites for hydroxylation is 3. The number of rotatable bonds is 6. The minimum absolute atomic E-state index is 0.0193. The lowest BCUT2D eigenvalue weighted by Gasteiger charge is -2.10. The lowest BCUT2D eigenvalue weighted by Crippen LogP contribution is -2.28. The molecular weight excluding hydrogens is 382 g/mol. The zero-order valence-electron chi connectivity index (χ0n) is 15.4. The fourth-order valence-electron chi connectivity index (χ4n) is 2.69. The zero-order chi connectivity index (χ0) is 19.6. The van der Waals surface area contributed by atoms with Crippen LogP contribution in [0.4, 0.5) is 5.13 Å². The van der Waals surface area contributed by atoms with Crippen LogP contribution in [0.25, 0.3) is 10.2 Å². The molecule has 0 aliphatic carbocycles. The van der Waals surface area contributed by atoms with Crippen LogP contribution in [-0.4, -0.2) is 25.9 Å². The highest BCUT2D eigenvalue weighted by Gasteiger charge is 2.17. The summed E-state index contributed by atoms with van der Waals surface area (Å²) in [7, 11) is -3.65. The number of fused-ring (bicyclic) bond motifs is 1. The molecule has 0 bridgehead atoms. The Kier molecular flexibility index (Phi) is 5.59. The molecule has 2 aromatic carbocycles. The molecule has 8 heteroatoms. The van der Waals surface area contributed by atoms with Crippen molar-refractivity contribution < 1.29 is 13.2 Å². The average Bonchev–Trinajstić information content (AvgIpc) is 3.00. The minimum atomic E-state index is -3.65. The van der Waals surface area contributed by atoms with Crippen molar-refractivity contribution in [2.24, 2.45) is 0 Å². The molecule has 0 aliphatic rings. The Morgan fingerprint density at radius 1 is 1.11 bits per heavy atom. The first-order chi connectivity index (χ1) is 12.8. The maximum Gasteiger partial charge on any atom is 0.240 e. The summed E-state index contributed by atoms with van der Waals surface area (Å²) in [5.41, 5.74) is 3.45. The summed E-state index contributed by atoms with van der Waals surface area (Å²) >= 11 is 1.40. The van der Waals surface area contributed by atoms with Crippen molar-refractivity contribution >= 4 is 42.6 Å². The zero-order valence-corrected chi connectivity index (χ0v) is 17.0. The quantitative estimate of drug-likeness (QED) is 0.659. The van der Waals surface area contributed by atoms with Gasteiger partial charge in [-0.2, -0.15) is 0 Å². The van der Waals surface area contributed by atoms with E-state index in [2.05, 4.69) is 15.0 Å². The van der Waals surface area contributed by atoms with Crippen molar-refractivity contribution in [3.63, 3.8) is 0 Å². The Bertz CT molecular complexity index is 1100. The van der Waals surface area contributed by atoms with Gasteiger partial charge in [-0.05, 0) is 49.6 Å². The predicted octanol–water partition coefficient (Wildman–Crippen LogP) is 3.53. The number of nitrogens with one attached hydrogen (secondary N) is 2. The second-order valence-corrected chi connectivity index (χ2v) is 9.17. The number of sulfonamides is 1. The van der Waals surface area contributed by atoms with Crippen LogP contribution in [0.3, 0.4) is 0 Å². The number of nitrogens with zero attached hydrogens (tertiary/aromatic N) is 1. The molecule has 0 saturated carbocycles. The first-order valence-corrected chi connectivity index (χ1v) is 10.8. The van der Waals surface area contributed by atoms with E-state index in [1.54, 1.807) is 19.1 Å². The van der Waals surface area contributed by atoms with Crippen LogP contribution in [0.2, 0.25) is 0 Å². The molecule has 0 saturated heterocycles. The van der Waals surface area contributed by atoms with Crippen LogP contribution in [-0.2, 0) is 14.8 Å². The lowest BCUT2D eigenvalue weighted by atomic mass is 10.2. The van der Waals surface area contributed by atoms with Crippen LogP contribution in [0.1, 0.15) is 23.1 Å². The molecule has 0 spiro atoms. The van der Waals surface area contributed by atoms with Crippen molar-refractivity contribution in [2.75, 3.05) is 11.9 Å². The fourth-order valence-corrected chi connectivity index (χ4v) is 5.01. The standard InChI is InChI=1S/C19H21N3O3S2/c1-12-7-8-13(2)16(11-12)27(24,25)20-10-9-17(23)21-19-22-18-14(3)5-4-6-15(18)26-19/h4-8,11,20H,9-10H2,1-3H3,(H,21,22,23). The van der Waals surface area contributed by atoms with E-state index < -0.39 is 10.0 Å². The van der Waals surface area contributed by atoms with Crippen LogP contribution in [0, 0.1) is 20.8 Å². The van der Waals surface area contributed by atoms with Gasteiger partial charge in [0.15, 0.2) is 5.13 Å². The minimum Gasteiger partial charge on any atom is -0.302 e. The molecule has 0 aliphatic heterocycles. The van der Waals surface area contributed by atoms with Crippen molar-refractivity contribution in [1.82, 2.24) is 9.71 Å². The summed E-state index contributed by atoms with van der Waals surface area (Å²) in [5.74, 6) is -0.282. The highest BCUT2D eigenvalue weighted by Crippen LogP contribution is 2.27. The van der Waals surface area contributed by atoms with Gasteiger partial charge in [-0.15, -0.1) is 0 Å². The summed E-state index contributed by atoms with van der Waals surface area (Å²) < 4.78 is 28.4. The number of carbonyl (C=O) groups excluding carboxylic acids is 1. The SMILES string of the molecule is Cc1ccc(C)c(S(=O)(=O)NCCC(=O)Nc2nc3c(C)cccc3s2)c1. The summed E-state index contributed by atoms with van der Waals surface area (Å²) in [5, 5.41) is 3.25. The lowest BCUT2D eigenvalue weighted by molar-refractivity contribution is -0.116. The number of para-hydroxylation sites is 1. The van der Waals surface area contributed by atoms with Crippen molar-refractivity contribution in [1.29, 1.82) is 0 Å². The molecule has 1 amide bonds. The molecule has 2 N–H and O–H groups in total. The molecule has 1 aromatic heterocycles. The number of aromatic nitrogens is 1. The highest BCUT2D eigenvalue weighted by atomic mass is 32.2. The second-order valence-electron chi connectivity index (χ2n) is 6.41. The van der Waals surface area contributed by atoms with E-state index in [4.69, 9.17) is 0 Å². The number of hydrogen-bond donors (Lipinski definition) is 2. The molecule has 6 nitrogen and oxygen atoms in total. The summed E-state index contributed by atoms with van der Waals surface area (Å²) in [6.07, 6.45) is 0.0268. The number of benzene rings is 2. The molecule has 0 atom stereocenters. The molecule has 3 aromatic rings. The van der Waals surface area contributed by atoms with Gasteiger partial charge >= 0.3 is 0 Å². The third-order valence-electron chi connectivity index (χ3n) is 4.14. The van der Waals surface area contributed by atoms with Gasteiger partial charge in [0.1, 0.15) is 0 Å². The van der Waals surface area contributed by atoms with E-state index in [1.807, 2.05) is 38.1 Å². The Morgan fingerprint density at radius 3 is 2.63 bits per heavy atom. The van der Waals surface area contributed by atoms with Crippen molar-refractivity contribution in [3.05, 3.63) is 53.1 Å². The van der Waals surface area contributed by atoms with Crippen LogP contribution in [0.15, 0.2) is 41.3 Å². The molecule has 27 heavy (non-hydrogen) atoms. The smallest absolute Gasteiger partial charge is 0.240 e. The summed E-state index contributed by atoms with van der Waals surface area (Å²) in [4.78, 5) is 16.8. The Balaban J connectivity index is 1.60. The van der Waals surface area contributed by atoms with Gasteiger partial charge in [0.2, 0.25) is 15.9 Å². The average molecular weight is 404 g/mol. The Morgan fingerprint density at radius 2 is 1.89 bits per heavy atom. The number of thiazole rings is 1. The molecule has 0 unspecified atom stereocenters. The molecule has 0 fully saturated rings. The molecule has 3 rings (SSSR count). The van der Waals surface area contributed by atoms with E-state index in [9.17, 15) is 13.2 Å².